The van der Waals surface area contributed by atoms with Crippen LogP contribution in [0.1, 0.15) is 53.1 Å². The minimum atomic E-state index is -0.406. The van der Waals surface area contributed by atoms with Gasteiger partial charge in [-0.2, -0.15) is 0 Å². The lowest BCUT2D eigenvalue weighted by molar-refractivity contribution is -0.110. The van der Waals surface area contributed by atoms with Crippen LogP contribution in [-0.2, 0) is 4.79 Å². The quantitative estimate of drug-likeness (QED) is 0.648. The molecule has 1 aliphatic rings. The molecule has 1 aromatic heterocycles. The maximum atomic E-state index is 13.6. The van der Waals surface area contributed by atoms with Gasteiger partial charge in [0.1, 0.15) is 5.82 Å². The Labute approximate surface area is 177 Å². The highest BCUT2D eigenvalue weighted by Gasteiger charge is 2.26. The molecular formula is C23H31FN4O2. The summed E-state index contributed by atoms with van der Waals surface area (Å²) in [5, 5.41) is 5.63. The molecule has 162 valence electrons. The number of carbonyl (C=O) groups is 2. The molecule has 0 atom stereocenters. The van der Waals surface area contributed by atoms with Crippen molar-refractivity contribution in [1.29, 1.82) is 0 Å². The van der Waals surface area contributed by atoms with Crippen molar-refractivity contribution >= 4 is 29.2 Å². The van der Waals surface area contributed by atoms with E-state index in [1.807, 2.05) is 32.8 Å². The van der Waals surface area contributed by atoms with Crippen molar-refractivity contribution in [2.24, 2.45) is 0 Å². The second-order valence-electron chi connectivity index (χ2n) is 7.63. The molecule has 2 amide bonds. The predicted molar refractivity (Wildman–Crippen MR) is 120 cm³/mol. The van der Waals surface area contributed by atoms with Gasteiger partial charge in [-0.25, -0.2) is 4.39 Å². The van der Waals surface area contributed by atoms with Crippen LogP contribution in [-0.4, -0.2) is 48.9 Å². The summed E-state index contributed by atoms with van der Waals surface area (Å²) in [6.07, 6.45) is 2.92. The number of aromatic nitrogens is 1. The average molecular weight is 415 g/mol. The molecular weight excluding hydrogens is 383 g/mol. The summed E-state index contributed by atoms with van der Waals surface area (Å²) < 4.78 is 13.6. The van der Waals surface area contributed by atoms with E-state index in [4.69, 9.17) is 0 Å². The first-order valence-corrected chi connectivity index (χ1v) is 10.1. The number of rotatable bonds is 5. The molecule has 2 aromatic rings. The molecule has 2 heterocycles. The van der Waals surface area contributed by atoms with Gasteiger partial charge in [-0.1, -0.05) is 20.3 Å². The highest BCUT2D eigenvalue weighted by atomic mass is 19.1. The number of carbonyl (C=O) groups excluding carboxylic acids is 2. The zero-order chi connectivity index (χ0) is 22.4. The Hall–Kier alpha value is -2.93. The van der Waals surface area contributed by atoms with E-state index >= 15 is 0 Å². The van der Waals surface area contributed by atoms with Crippen molar-refractivity contribution < 1.29 is 14.0 Å². The van der Waals surface area contributed by atoms with Crippen LogP contribution in [0.5, 0.6) is 0 Å². The molecule has 0 unspecified atom stereocenters. The van der Waals surface area contributed by atoms with Gasteiger partial charge in [-0.15, -0.1) is 0 Å². The number of aryl methyl sites for hydroxylation is 1. The molecule has 0 saturated carbocycles. The maximum Gasteiger partial charge on any atom is 0.256 e. The molecule has 7 heteroatoms. The molecule has 0 aliphatic carbocycles. The molecule has 3 rings (SSSR count). The number of H-pyrrole nitrogens is 1. The number of likely N-dealkylation sites (N-methyl/N-ethyl adjacent to an activating group) is 1. The maximum absolute atomic E-state index is 13.6. The van der Waals surface area contributed by atoms with Crippen molar-refractivity contribution in [2.75, 3.05) is 32.5 Å². The summed E-state index contributed by atoms with van der Waals surface area (Å²) >= 11 is 0. The Morgan fingerprint density at radius 1 is 1.23 bits per heavy atom. The number of nitrogens with zero attached hydrogens (tertiary/aromatic N) is 1. The van der Waals surface area contributed by atoms with E-state index in [2.05, 4.69) is 29.5 Å². The van der Waals surface area contributed by atoms with E-state index < -0.39 is 5.82 Å². The van der Waals surface area contributed by atoms with Gasteiger partial charge in [0, 0.05) is 35.7 Å². The number of amides is 2. The van der Waals surface area contributed by atoms with Crippen LogP contribution in [0.4, 0.5) is 10.1 Å². The van der Waals surface area contributed by atoms with Crippen molar-refractivity contribution in [3.63, 3.8) is 0 Å². The van der Waals surface area contributed by atoms with Crippen LogP contribution in [0.15, 0.2) is 18.2 Å². The molecule has 0 saturated heterocycles. The highest BCUT2D eigenvalue weighted by molar-refractivity contribution is 6.34. The molecule has 0 bridgehead atoms. The number of aromatic amines is 1. The topological polar surface area (TPSA) is 77.2 Å². The summed E-state index contributed by atoms with van der Waals surface area (Å²) in [4.78, 5) is 30.0. The summed E-state index contributed by atoms with van der Waals surface area (Å²) in [6.45, 7) is 9.18. The van der Waals surface area contributed by atoms with Crippen molar-refractivity contribution in [1.82, 2.24) is 15.2 Å². The first kappa shape index (κ1) is 23.3. The van der Waals surface area contributed by atoms with E-state index in [9.17, 15) is 14.0 Å². The van der Waals surface area contributed by atoms with E-state index in [1.54, 1.807) is 12.1 Å². The minimum absolute atomic E-state index is 0.157. The fraction of sp³-hybridized carbons (Fsp3) is 0.391. The number of fused-ring (bicyclic) bond motifs is 1. The highest BCUT2D eigenvalue weighted by Crippen LogP contribution is 2.34. The first-order valence-electron chi connectivity index (χ1n) is 10.1. The van der Waals surface area contributed by atoms with Crippen LogP contribution in [0.3, 0.4) is 0 Å². The van der Waals surface area contributed by atoms with E-state index in [1.165, 1.54) is 18.6 Å². The second kappa shape index (κ2) is 10.2. The summed E-state index contributed by atoms with van der Waals surface area (Å²) in [5.74, 6) is -0.856. The molecule has 0 fully saturated rings. The van der Waals surface area contributed by atoms with Gasteiger partial charge in [0.15, 0.2) is 0 Å². The number of hydrogen-bond acceptors (Lipinski definition) is 3. The van der Waals surface area contributed by atoms with Crippen molar-refractivity contribution in [3.8, 4) is 0 Å². The molecule has 0 spiro atoms. The zero-order valence-corrected chi connectivity index (χ0v) is 18.6. The Morgan fingerprint density at radius 3 is 2.53 bits per heavy atom. The predicted octanol–water partition coefficient (Wildman–Crippen LogP) is 3.97. The average Bonchev–Trinajstić information content (AvgIpc) is 3.11. The lowest BCUT2D eigenvalue weighted by Gasteiger charge is -2.10. The number of halogens is 1. The van der Waals surface area contributed by atoms with Gasteiger partial charge in [-0.3, -0.25) is 9.59 Å². The SMILES string of the molecule is CCC.Cc1[nH]c(/C=C2\C(=O)Nc3ccc(F)cc32)c(C)c1C(=O)NCCN(C)C. The largest absolute Gasteiger partial charge is 0.358 e. The molecule has 30 heavy (non-hydrogen) atoms. The van der Waals surface area contributed by atoms with Gasteiger partial charge in [0.2, 0.25) is 0 Å². The fourth-order valence-corrected chi connectivity index (χ4v) is 3.19. The van der Waals surface area contributed by atoms with Crippen LogP contribution in [0.2, 0.25) is 0 Å². The van der Waals surface area contributed by atoms with Crippen molar-refractivity contribution in [2.45, 2.75) is 34.1 Å². The molecule has 0 radical (unpaired) electrons. The third-order valence-corrected chi connectivity index (χ3v) is 4.60. The lowest BCUT2D eigenvalue weighted by atomic mass is 10.0. The van der Waals surface area contributed by atoms with Crippen molar-refractivity contribution in [3.05, 3.63) is 52.1 Å². The van der Waals surface area contributed by atoms with Gasteiger partial charge < -0.3 is 20.5 Å². The first-order chi connectivity index (χ1) is 14.2. The van der Waals surface area contributed by atoms with Gasteiger partial charge in [0.05, 0.1) is 11.1 Å². The number of nitrogens with one attached hydrogen (secondary N) is 3. The summed E-state index contributed by atoms with van der Waals surface area (Å²) in [5.41, 5.74) is 4.16. The third-order valence-electron chi connectivity index (χ3n) is 4.60. The monoisotopic (exact) mass is 414 g/mol. The Balaban J connectivity index is 0.00000101. The third kappa shape index (κ3) is 5.36. The molecule has 6 nitrogen and oxygen atoms in total. The van der Waals surface area contributed by atoms with Crippen LogP contribution in [0, 0.1) is 19.7 Å². The number of benzene rings is 1. The zero-order valence-electron chi connectivity index (χ0n) is 18.6. The van der Waals surface area contributed by atoms with E-state index in [0.717, 1.165) is 17.8 Å². The molecule has 3 N–H and O–H groups in total. The van der Waals surface area contributed by atoms with Crippen LogP contribution in [0.25, 0.3) is 11.6 Å². The Bertz CT molecular complexity index is 960. The summed E-state index contributed by atoms with van der Waals surface area (Å²) in [7, 11) is 3.88. The van der Waals surface area contributed by atoms with Crippen LogP contribution >= 0.6 is 0 Å². The van der Waals surface area contributed by atoms with Gasteiger partial charge >= 0.3 is 0 Å². The normalized spacial score (nSPS) is 13.7. The standard InChI is InChI=1S/C20H23FN4O2.C3H8/c1-11-17(23-12(2)18(11)20(27)22-7-8-25(3)4)10-15-14-9-13(21)5-6-16(14)24-19(15)26;1-3-2/h5-6,9-10,23H,7-8H2,1-4H3,(H,22,27)(H,24,26);3H2,1-2H3/b15-10-;. The smallest absolute Gasteiger partial charge is 0.256 e. The van der Waals surface area contributed by atoms with Crippen LogP contribution < -0.4 is 10.6 Å². The van der Waals surface area contributed by atoms with Gasteiger partial charge in [0.25, 0.3) is 11.8 Å². The summed E-state index contributed by atoms with van der Waals surface area (Å²) in [6, 6.07) is 4.18. The minimum Gasteiger partial charge on any atom is -0.358 e. The molecule has 1 aromatic carbocycles. The Kier molecular flexibility index (Phi) is 7.94. The Morgan fingerprint density at radius 2 is 1.90 bits per heavy atom. The second-order valence-corrected chi connectivity index (χ2v) is 7.63. The fourth-order valence-electron chi connectivity index (χ4n) is 3.19. The van der Waals surface area contributed by atoms with Gasteiger partial charge in [-0.05, 0) is 57.8 Å². The van der Waals surface area contributed by atoms with E-state index in [-0.39, 0.29) is 11.8 Å². The number of anilines is 1. The number of hydrogen-bond donors (Lipinski definition) is 3. The molecule has 1 aliphatic heterocycles. The lowest BCUT2D eigenvalue weighted by Crippen LogP contribution is -2.31. The van der Waals surface area contributed by atoms with E-state index in [0.29, 0.717) is 34.6 Å².